The minimum atomic E-state index is -0.334. The van der Waals surface area contributed by atoms with Crippen molar-refractivity contribution in [3.05, 3.63) is 44.5 Å². The van der Waals surface area contributed by atoms with Crippen LogP contribution in [0.2, 0.25) is 5.02 Å². The average molecular weight is 321 g/mol. The summed E-state index contributed by atoms with van der Waals surface area (Å²) in [6, 6.07) is 3.34. The first-order chi connectivity index (χ1) is 10.6. The van der Waals surface area contributed by atoms with Crippen molar-refractivity contribution >= 4 is 22.6 Å². The fraction of sp³-hybridized carbons (Fsp3) is 0.286. The maximum Gasteiger partial charge on any atom is 0.339 e. The molecule has 0 aliphatic rings. The van der Waals surface area contributed by atoms with E-state index in [4.69, 9.17) is 20.8 Å². The lowest BCUT2D eigenvalue weighted by molar-refractivity contribution is 0.296. The van der Waals surface area contributed by atoms with Gasteiger partial charge < -0.3 is 9.15 Å². The third-order valence-electron chi connectivity index (χ3n) is 3.44. The number of nitrogens with one attached hydrogen (secondary N) is 1. The van der Waals surface area contributed by atoms with Crippen LogP contribution in [-0.4, -0.2) is 20.6 Å². The average Bonchev–Trinajstić information content (AvgIpc) is 3.00. The first kappa shape index (κ1) is 14.5. The molecule has 3 rings (SSSR count). The smallest absolute Gasteiger partial charge is 0.339 e. The summed E-state index contributed by atoms with van der Waals surface area (Å²) in [5, 5.41) is 14.6. The molecule has 0 unspecified atom stereocenters. The van der Waals surface area contributed by atoms with Crippen molar-refractivity contribution in [2.75, 3.05) is 0 Å². The van der Waals surface area contributed by atoms with Crippen LogP contribution in [0.4, 0.5) is 0 Å². The molecule has 22 heavy (non-hydrogen) atoms. The van der Waals surface area contributed by atoms with Crippen LogP contribution in [0.3, 0.4) is 0 Å². The molecule has 0 bridgehead atoms. The molecule has 0 amide bonds. The van der Waals surface area contributed by atoms with E-state index in [1.54, 1.807) is 12.1 Å². The Balaban J connectivity index is 2.03. The highest BCUT2D eigenvalue weighted by Crippen LogP contribution is 2.32. The van der Waals surface area contributed by atoms with Crippen molar-refractivity contribution in [3.63, 3.8) is 0 Å². The number of aryl methyl sites for hydroxylation is 1. The Kier molecular flexibility index (Phi) is 3.81. The largest absolute Gasteiger partial charge is 0.484 e. The fourth-order valence-corrected chi connectivity index (χ4v) is 2.51. The zero-order valence-electron chi connectivity index (χ0n) is 12.0. The van der Waals surface area contributed by atoms with E-state index < -0.39 is 0 Å². The molecule has 0 radical (unpaired) electrons. The standard InChI is InChI=1S/C14H13ClN4O3/c1-3-8-7(2)9-4-10(15)12(5-11(9)22-14(8)20)21-6-13-16-18-19-17-13/h4-5H,3,6H2,1-2H3,(H,16,17,18,19). The molecule has 2 aromatic heterocycles. The minimum absolute atomic E-state index is 0.109. The number of H-pyrrole nitrogens is 1. The number of hydrogen-bond acceptors (Lipinski definition) is 6. The third-order valence-corrected chi connectivity index (χ3v) is 3.73. The summed E-state index contributed by atoms with van der Waals surface area (Å²) in [6.45, 7) is 3.90. The Morgan fingerprint density at radius 2 is 2.23 bits per heavy atom. The predicted octanol–water partition coefficient (Wildman–Crippen LogP) is 2.41. The topological polar surface area (TPSA) is 93.9 Å². The molecular formula is C14H13ClN4O3. The summed E-state index contributed by atoms with van der Waals surface area (Å²) in [5.74, 6) is 0.792. The molecule has 1 N–H and O–H groups in total. The molecule has 8 heteroatoms. The maximum atomic E-state index is 12.0. The summed E-state index contributed by atoms with van der Waals surface area (Å²) in [7, 11) is 0. The molecule has 0 saturated heterocycles. The Morgan fingerprint density at radius 3 is 2.91 bits per heavy atom. The molecule has 0 fully saturated rings. The van der Waals surface area contributed by atoms with Gasteiger partial charge >= 0.3 is 5.63 Å². The van der Waals surface area contributed by atoms with E-state index in [1.807, 2.05) is 13.8 Å². The van der Waals surface area contributed by atoms with E-state index in [-0.39, 0.29) is 12.2 Å². The molecule has 0 aliphatic heterocycles. The van der Waals surface area contributed by atoms with E-state index in [2.05, 4.69) is 20.6 Å². The van der Waals surface area contributed by atoms with E-state index >= 15 is 0 Å². The van der Waals surface area contributed by atoms with Gasteiger partial charge in [-0.15, -0.1) is 10.2 Å². The number of halogens is 1. The third kappa shape index (κ3) is 2.55. The van der Waals surface area contributed by atoms with Gasteiger partial charge in [0.15, 0.2) is 6.61 Å². The first-order valence-corrected chi connectivity index (χ1v) is 7.09. The highest BCUT2D eigenvalue weighted by atomic mass is 35.5. The van der Waals surface area contributed by atoms with Crippen molar-refractivity contribution in [1.29, 1.82) is 0 Å². The first-order valence-electron chi connectivity index (χ1n) is 6.71. The van der Waals surface area contributed by atoms with E-state index in [1.165, 1.54) is 0 Å². The van der Waals surface area contributed by atoms with Crippen LogP contribution in [0, 0.1) is 6.92 Å². The van der Waals surface area contributed by atoms with Crippen LogP contribution in [-0.2, 0) is 13.0 Å². The van der Waals surface area contributed by atoms with Gasteiger partial charge in [-0.1, -0.05) is 23.7 Å². The SMILES string of the molecule is CCc1c(C)c2cc(Cl)c(OCc3nn[nH]n3)cc2oc1=O. The summed E-state index contributed by atoms with van der Waals surface area (Å²) in [5.41, 5.74) is 1.63. The molecule has 0 aliphatic carbocycles. The van der Waals surface area contributed by atoms with Crippen LogP contribution in [0.15, 0.2) is 21.3 Å². The van der Waals surface area contributed by atoms with Crippen LogP contribution < -0.4 is 10.4 Å². The quantitative estimate of drug-likeness (QED) is 0.742. The zero-order chi connectivity index (χ0) is 15.7. The monoisotopic (exact) mass is 320 g/mol. The molecule has 7 nitrogen and oxygen atoms in total. The number of fused-ring (bicyclic) bond motifs is 1. The number of ether oxygens (including phenoxy) is 1. The van der Waals surface area contributed by atoms with Gasteiger partial charge in [-0.05, 0) is 25.0 Å². The van der Waals surface area contributed by atoms with Crippen molar-refractivity contribution in [3.8, 4) is 5.75 Å². The second-order valence-corrected chi connectivity index (χ2v) is 5.15. The number of aromatic nitrogens is 4. The number of benzene rings is 1. The summed E-state index contributed by atoms with van der Waals surface area (Å²) in [6.07, 6.45) is 0.609. The van der Waals surface area contributed by atoms with Crippen LogP contribution in [0.5, 0.6) is 5.75 Å². The molecule has 0 atom stereocenters. The lowest BCUT2D eigenvalue weighted by Crippen LogP contribution is -2.09. The Labute approximate surface area is 130 Å². The molecular weight excluding hydrogens is 308 g/mol. The van der Waals surface area contributed by atoms with Gasteiger partial charge in [-0.25, -0.2) is 4.79 Å². The normalized spacial score (nSPS) is 11.0. The van der Waals surface area contributed by atoms with Crippen molar-refractivity contribution in [2.24, 2.45) is 0 Å². The predicted molar refractivity (Wildman–Crippen MR) is 80.1 cm³/mol. The van der Waals surface area contributed by atoms with Gasteiger partial charge in [0.05, 0.1) is 5.02 Å². The Morgan fingerprint density at radius 1 is 1.41 bits per heavy atom. The zero-order valence-corrected chi connectivity index (χ0v) is 12.8. The van der Waals surface area contributed by atoms with E-state index in [0.717, 1.165) is 10.9 Å². The summed E-state index contributed by atoms with van der Waals surface area (Å²) in [4.78, 5) is 12.0. The van der Waals surface area contributed by atoms with E-state index in [9.17, 15) is 4.79 Å². The lowest BCUT2D eigenvalue weighted by Gasteiger charge is -2.10. The fourth-order valence-electron chi connectivity index (χ4n) is 2.30. The van der Waals surface area contributed by atoms with Gasteiger partial charge in [-0.2, -0.15) is 5.21 Å². The summed E-state index contributed by atoms with van der Waals surface area (Å²) >= 11 is 6.24. The highest BCUT2D eigenvalue weighted by Gasteiger charge is 2.13. The maximum absolute atomic E-state index is 12.0. The van der Waals surface area contributed by atoms with Crippen LogP contribution in [0.25, 0.3) is 11.0 Å². The molecule has 3 aromatic rings. The minimum Gasteiger partial charge on any atom is -0.484 e. The van der Waals surface area contributed by atoms with Crippen molar-refractivity contribution < 1.29 is 9.15 Å². The molecule has 1 aromatic carbocycles. The lowest BCUT2D eigenvalue weighted by atomic mass is 10.0. The van der Waals surface area contributed by atoms with Crippen LogP contribution >= 0.6 is 11.6 Å². The van der Waals surface area contributed by atoms with Gasteiger partial charge in [0.2, 0.25) is 5.82 Å². The highest BCUT2D eigenvalue weighted by molar-refractivity contribution is 6.32. The van der Waals surface area contributed by atoms with Gasteiger partial charge in [0.1, 0.15) is 11.3 Å². The summed E-state index contributed by atoms with van der Waals surface area (Å²) < 4.78 is 10.9. The number of nitrogens with zero attached hydrogens (tertiary/aromatic N) is 3. The van der Waals surface area contributed by atoms with Gasteiger partial charge in [-0.3, -0.25) is 0 Å². The number of hydrogen-bond donors (Lipinski definition) is 1. The molecule has 114 valence electrons. The van der Waals surface area contributed by atoms with Crippen LogP contribution in [0.1, 0.15) is 23.9 Å². The second-order valence-electron chi connectivity index (χ2n) is 4.74. The number of aromatic amines is 1. The van der Waals surface area contributed by atoms with Gasteiger partial charge in [0, 0.05) is 17.0 Å². The number of rotatable bonds is 4. The Bertz CT molecular complexity index is 874. The van der Waals surface area contributed by atoms with Gasteiger partial charge in [0.25, 0.3) is 0 Å². The Hall–Kier alpha value is -2.41. The molecule has 2 heterocycles. The molecule has 0 spiro atoms. The van der Waals surface area contributed by atoms with Crippen molar-refractivity contribution in [1.82, 2.24) is 20.6 Å². The van der Waals surface area contributed by atoms with Crippen molar-refractivity contribution in [2.45, 2.75) is 26.9 Å². The number of tetrazole rings is 1. The van der Waals surface area contributed by atoms with E-state index in [0.29, 0.717) is 34.2 Å². The molecule has 0 saturated carbocycles. The second kappa shape index (κ2) is 5.76.